The van der Waals surface area contributed by atoms with Gasteiger partial charge in [0.1, 0.15) is 0 Å². The predicted octanol–water partition coefficient (Wildman–Crippen LogP) is -0.960. The maximum atomic E-state index is 9.41. The minimum Gasteiger partial charge on any atom is -0.392 e. The smallest absolute Gasteiger partial charge is 0.0682 e. The highest BCUT2D eigenvalue weighted by Gasteiger charge is 2.29. The minimum atomic E-state index is -0.130. The van der Waals surface area contributed by atoms with Crippen LogP contribution in [0.5, 0.6) is 0 Å². The van der Waals surface area contributed by atoms with E-state index >= 15 is 0 Å². The van der Waals surface area contributed by atoms with Gasteiger partial charge in [0.15, 0.2) is 0 Å². The summed E-state index contributed by atoms with van der Waals surface area (Å²) in [5, 5.41) is 12.8. The zero-order valence-electron chi connectivity index (χ0n) is 8.07. The van der Waals surface area contributed by atoms with Gasteiger partial charge in [-0.2, -0.15) is 0 Å². The van der Waals surface area contributed by atoms with E-state index in [9.17, 15) is 5.11 Å². The number of β-amino-alcohol motifs (C(OH)–C–C–N with tert-alkyl or cyclic N) is 1. The monoisotopic (exact) mass is 186 g/mol. The lowest BCUT2D eigenvalue weighted by molar-refractivity contribution is -0.00683. The lowest BCUT2D eigenvalue weighted by atomic mass is 10.2. The molecule has 0 radical (unpaired) electrons. The van der Waals surface area contributed by atoms with Crippen molar-refractivity contribution in [3.8, 4) is 0 Å². The molecule has 0 aromatic heterocycles. The van der Waals surface area contributed by atoms with Crippen LogP contribution in [0.2, 0.25) is 0 Å². The number of aliphatic hydroxyl groups is 1. The number of likely N-dealkylation sites (tertiary alicyclic amines) is 1. The van der Waals surface area contributed by atoms with E-state index < -0.39 is 0 Å². The number of hydrogen-bond donors (Lipinski definition) is 2. The van der Waals surface area contributed by atoms with Crippen LogP contribution >= 0.6 is 0 Å². The van der Waals surface area contributed by atoms with Crippen LogP contribution in [0.15, 0.2) is 0 Å². The van der Waals surface area contributed by atoms with Crippen LogP contribution in [0.3, 0.4) is 0 Å². The quantitative estimate of drug-likeness (QED) is 0.596. The molecule has 76 valence electrons. The lowest BCUT2D eigenvalue weighted by Crippen LogP contribution is -2.49. The average Bonchev–Trinajstić information content (AvgIpc) is 2.27. The van der Waals surface area contributed by atoms with Gasteiger partial charge in [0, 0.05) is 19.1 Å². The highest BCUT2D eigenvalue weighted by molar-refractivity contribution is 4.86. The van der Waals surface area contributed by atoms with Gasteiger partial charge in [-0.3, -0.25) is 4.90 Å². The summed E-state index contributed by atoms with van der Waals surface area (Å²) in [6.07, 6.45) is 0.770. The second kappa shape index (κ2) is 3.92. The minimum absolute atomic E-state index is 0.130. The predicted molar refractivity (Wildman–Crippen MR) is 49.7 cm³/mol. The molecule has 0 saturated carbocycles. The molecular weight excluding hydrogens is 168 g/mol. The van der Waals surface area contributed by atoms with Crippen molar-refractivity contribution in [3.05, 3.63) is 0 Å². The summed E-state index contributed by atoms with van der Waals surface area (Å²) >= 11 is 0. The van der Waals surface area contributed by atoms with Crippen molar-refractivity contribution in [1.29, 1.82) is 0 Å². The van der Waals surface area contributed by atoms with Crippen molar-refractivity contribution < 1.29 is 9.84 Å². The van der Waals surface area contributed by atoms with Crippen LogP contribution in [0.4, 0.5) is 0 Å². The first-order chi connectivity index (χ1) is 6.25. The summed E-state index contributed by atoms with van der Waals surface area (Å²) in [5.74, 6) is 0. The summed E-state index contributed by atoms with van der Waals surface area (Å²) < 4.78 is 5.07. The van der Waals surface area contributed by atoms with Gasteiger partial charge in [0.25, 0.3) is 0 Å². The highest BCUT2D eigenvalue weighted by atomic mass is 16.5. The number of rotatable bonds is 3. The third kappa shape index (κ3) is 2.20. The lowest BCUT2D eigenvalue weighted by Gasteiger charge is -2.29. The molecule has 2 atom stereocenters. The number of nitrogens with one attached hydrogen (secondary N) is 1. The summed E-state index contributed by atoms with van der Waals surface area (Å²) in [5.41, 5.74) is 0. The second-order valence-electron chi connectivity index (χ2n) is 4.13. The van der Waals surface area contributed by atoms with E-state index in [4.69, 9.17) is 4.74 Å². The first kappa shape index (κ1) is 9.40. The fourth-order valence-electron chi connectivity index (χ4n) is 1.95. The first-order valence-electron chi connectivity index (χ1n) is 4.95. The fourth-order valence-corrected chi connectivity index (χ4v) is 1.95. The Balaban J connectivity index is 1.68. The van der Waals surface area contributed by atoms with E-state index in [-0.39, 0.29) is 6.10 Å². The SMILES string of the molecule is CN1C[C@H](O)C[C@H]1CNC1COC1. The Bertz CT molecular complexity index is 173. The number of nitrogens with zero attached hydrogens (tertiary/aromatic N) is 1. The molecule has 0 bridgehead atoms. The Labute approximate surface area is 78.9 Å². The molecule has 2 aliphatic rings. The van der Waals surface area contributed by atoms with Crippen LogP contribution < -0.4 is 5.32 Å². The van der Waals surface area contributed by atoms with Crippen LogP contribution in [0.1, 0.15) is 6.42 Å². The molecule has 0 amide bonds. The topological polar surface area (TPSA) is 44.7 Å². The number of likely N-dealkylation sites (N-methyl/N-ethyl adjacent to an activating group) is 1. The van der Waals surface area contributed by atoms with Crippen molar-refractivity contribution in [2.24, 2.45) is 0 Å². The summed E-state index contributed by atoms with van der Waals surface area (Å²) in [4.78, 5) is 2.22. The largest absolute Gasteiger partial charge is 0.392 e. The van der Waals surface area contributed by atoms with E-state index in [1.807, 2.05) is 0 Å². The molecule has 0 spiro atoms. The zero-order chi connectivity index (χ0) is 9.26. The Kier molecular flexibility index (Phi) is 2.83. The Hall–Kier alpha value is -0.160. The van der Waals surface area contributed by atoms with Crippen molar-refractivity contribution in [2.45, 2.75) is 24.6 Å². The van der Waals surface area contributed by atoms with Gasteiger partial charge in [-0.25, -0.2) is 0 Å². The van der Waals surface area contributed by atoms with Crippen LogP contribution in [0.25, 0.3) is 0 Å². The van der Waals surface area contributed by atoms with Crippen molar-refractivity contribution in [2.75, 3.05) is 33.4 Å². The molecule has 2 rings (SSSR count). The number of hydrogen-bond acceptors (Lipinski definition) is 4. The second-order valence-corrected chi connectivity index (χ2v) is 4.13. The van der Waals surface area contributed by atoms with E-state index in [1.165, 1.54) is 0 Å². The first-order valence-corrected chi connectivity index (χ1v) is 4.95. The Morgan fingerprint density at radius 3 is 2.77 bits per heavy atom. The normalized spacial score (nSPS) is 36.5. The van der Waals surface area contributed by atoms with Gasteiger partial charge in [-0.05, 0) is 13.5 Å². The van der Waals surface area contributed by atoms with Gasteiger partial charge < -0.3 is 15.2 Å². The van der Waals surface area contributed by atoms with Crippen LogP contribution in [0, 0.1) is 0 Å². The summed E-state index contributed by atoms with van der Waals surface area (Å²) in [6, 6.07) is 1.04. The third-order valence-corrected chi connectivity index (χ3v) is 2.95. The molecule has 0 aliphatic carbocycles. The maximum absolute atomic E-state index is 9.41. The highest BCUT2D eigenvalue weighted by Crippen LogP contribution is 2.15. The summed E-state index contributed by atoms with van der Waals surface area (Å²) in [6.45, 7) is 3.48. The zero-order valence-corrected chi connectivity index (χ0v) is 8.07. The van der Waals surface area contributed by atoms with Gasteiger partial charge in [-0.15, -0.1) is 0 Å². The summed E-state index contributed by atoms with van der Waals surface area (Å²) in [7, 11) is 2.07. The third-order valence-electron chi connectivity index (χ3n) is 2.95. The number of aliphatic hydroxyl groups excluding tert-OH is 1. The molecular formula is C9H18N2O2. The van der Waals surface area contributed by atoms with Crippen molar-refractivity contribution in [1.82, 2.24) is 10.2 Å². The molecule has 4 nitrogen and oxygen atoms in total. The molecule has 0 aromatic rings. The van der Waals surface area contributed by atoms with E-state index in [0.717, 1.165) is 32.7 Å². The van der Waals surface area contributed by atoms with Crippen molar-refractivity contribution in [3.63, 3.8) is 0 Å². The molecule has 0 unspecified atom stereocenters. The molecule has 13 heavy (non-hydrogen) atoms. The molecule has 2 heterocycles. The number of ether oxygens (including phenoxy) is 1. The molecule has 2 aliphatic heterocycles. The van der Waals surface area contributed by atoms with E-state index in [1.54, 1.807) is 0 Å². The fraction of sp³-hybridized carbons (Fsp3) is 1.00. The molecule has 4 heteroatoms. The molecule has 0 aromatic carbocycles. The van der Waals surface area contributed by atoms with E-state index in [0.29, 0.717) is 12.1 Å². The van der Waals surface area contributed by atoms with Gasteiger partial charge >= 0.3 is 0 Å². The Morgan fingerprint density at radius 1 is 1.54 bits per heavy atom. The molecule has 2 fully saturated rings. The van der Waals surface area contributed by atoms with E-state index in [2.05, 4.69) is 17.3 Å². The van der Waals surface area contributed by atoms with Gasteiger partial charge in [0.2, 0.25) is 0 Å². The average molecular weight is 186 g/mol. The molecule has 2 saturated heterocycles. The van der Waals surface area contributed by atoms with Gasteiger partial charge in [-0.1, -0.05) is 0 Å². The van der Waals surface area contributed by atoms with Crippen LogP contribution in [-0.2, 0) is 4.74 Å². The van der Waals surface area contributed by atoms with Crippen LogP contribution in [-0.4, -0.2) is 61.5 Å². The standard InChI is InChI=1S/C9H18N2O2/c1-11-4-9(12)2-8(11)3-10-7-5-13-6-7/h7-10,12H,2-6H2,1H3/t8-,9+/m0/s1. The van der Waals surface area contributed by atoms with Gasteiger partial charge in [0.05, 0.1) is 25.4 Å². The van der Waals surface area contributed by atoms with Crippen molar-refractivity contribution >= 4 is 0 Å². The maximum Gasteiger partial charge on any atom is 0.0682 e. The molecule has 2 N–H and O–H groups in total. The Morgan fingerprint density at radius 2 is 2.31 bits per heavy atom.